The average molecular weight is 500 g/mol. The van der Waals surface area contributed by atoms with E-state index >= 15 is 0 Å². The maximum absolute atomic E-state index is 13.6. The quantitative estimate of drug-likeness (QED) is 0.465. The summed E-state index contributed by atoms with van der Waals surface area (Å²) in [6.45, 7) is 4.25. The predicted molar refractivity (Wildman–Crippen MR) is 131 cm³/mol. The molecule has 2 unspecified atom stereocenters. The normalized spacial score (nSPS) is 16.1. The van der Waals surface area contributed by atoms with Gasteiger partial charge in [0.05, 0.1) is 12.5 Å². The van der Waals surface area contributed by atoms with Crippen LogP contribution in [-0.4, -0.2) is 64.6 Å². The monoisotopic (exact) mass is 499 g/mol. The van der Waals surface area contributed by atoms with Gasteiger partial charge in [-0.25, -0.2) is 14.0 Å². The van der Waals surface area contributed by atoms with E-state index < -0.39 is 48.4 Å². The van der Waals surface area contributed by atoms with Crippen molar-refractivity contribution in [3.8, 4) is 0 Å². The summed E-state index contributed by atoms with van der Waals surface area (Å²) >= 11 is 0. The molecule has 10 nitrogen and oxygen atoms in total. The number of carboxylic acid groups (broad SMARTS) is 1. The Morgan fingerprint density at radius 3 is 2.39 bits per heavy atom. The minimum Gasteiger partial charge on any atom is -0.481 e. The number of halogens is 1. The molecule has 0 aromatic heterocycles. The standard InChI is InChI=1S/C25H30FN5O5/c1-3-27-24(35)30-11-6-12-31(25(36)28-19-10-5-9-18(26)14-19)23(30)22(34)29-20(15-21(32)33)17-8-4-7-16(2)13-17/h4-5,7-10,13-14,20,23H,3,6,11-12,15H2,1-2H3,(H,27,35)(H,28,36)(H,29,34)(H,32,33). The summed E-state index contributed by atoms with van der Waals surface area (Å²) in [7, 11) is 0. The molecule has 0 spiro atoms. The number of carbonyl (C=O) groups is 4. The Hall–Kier alpha value is -4.15. The van der Waals surface area contributed by atoms with E-state index in [2.05, 4.69) is 16.0 Å². The van der Waals surface area contributed by atoms with Crippen LogP contribution in [0.25, 0.3) is 0 Å². The lowest BCUT2D eigenvalue weighted by Crippen LogP contribution is -2.65. The van der Waals surface area contributed by atoms with Gasteiger partial charge in [0.15, 0.2) is 6.17 Å². The van der Waals surface area contributed by atoms with Crippen LogP contribution >= 0.6 is 0 Å². The van der Waals surface area contributed by atoms with Crippen LogP contribution in [0.3, 0.4) is 0 Å². The Morgan fingerprint density at radius 1 is 1.06 bits per heavy atom. The van der Waals surface area contributed by atoms with Gasteiger partial charge in [-0.2, -0.15) is 0 Å². The second kappa shape index (κ2) is 12.0. The molecule has 0 aliphatic carbocycles. The van der Waals surface area contributed by atoms with Crippen molar-refractivity contribution >= 4 is 29.6 Å². The van der Waals surface area contributed by atoms with Crippen LogP contribution in [0.2, 0.25) is 0 Å². The first-order valence-corrected chi connectivity index (χ1v) is 11.7. The summed E-state index contributed by atoms with van der Waals surface area (Å²) in [5.74, 6) is -2.37. The third kappa shape index (κ3) is 6.71. The van der Waals surface area contributed by atoms with Gasteiger partial charge in [-0.3, -0.25) is 19.4 Å². The van der Waals surface area contributed by atoms with Crippen molar-refractivity contribution < 1.29 is 28.7 Å². The SMILES string of the molecule is CCNC(=O)N1CCCN(C(=O)Nc2cccc(F)c2)C1C(=O)NC(CC(=O)O)c1cccc(C)c1. The molecule has 1 aliphatic heterocycles. The smallest absolute Gasteiger partial charge is 0.323 e. The molecule has 2 atom stereocenters. The van der Waals surface area contributed by atoms with Crippen molar-refractivity contribution in [1.29, 1.82) is 0 Å². The van der Waals surface area contributed by atoms with Crippen LogP contribution in [0.5, 0.6) is 0 Å². The van der Waals surface area contributed by atoms with Crippen LogP contribution < -0.4 is 16.0 Å². The molecule has 5 amide bonds. The van der Waals surface area contributed by atoms with Crippen molar-refractivity contribution in [2.24, 2.45) is 0 Å². The van der Waals surface area contributed by atoms with Gasteiger partial charge in [-0.05, 0) is 44.0 Å². The van der Waals surface area contributed by atoms with E-state index in [1.807, 2.05) is 13.0 Å². The molecule has 0 saturated carbocycles. The topological polar surface area (TPSA) is 131 Å². The molecular weight excluding hydrogens is 469 g/mol. The van der Waals surface area contributed by atoms with Gasteiger partial charge in [-0.1, -0.05) is 35.9 Å². The largest absolute Gasteiger partial charge is 0.481 e. The van der Waals surface area contributed by atoms with Crippen molar-refractivity contribution in [3.05, 3.63) is 65.5 Å². The molecule has 4 N–H and O–H groups in total. The fourth-order valence-electron chi connectivity index (χ4n) is 4.11. The van der Waals surface area contributed by atoms with E-state index in [9.17, 15) is 28.7 Å². The first kappa shape index (κ1) is 26.5. The fourth-order valence-corrected chi connectivity index (χ4v) is 4.11. The van der Waals surface area contributed by atoms with E-state index in [1.54, 1.807) is 25.1 Å². The van der Waals surface area contributed by atoms with Crippen molar-refractivity contribution in [1.82, 2.24) is 20.4 Å². The molecule has 11 heteroatoms. The molecule has 2 aromatic rings. The van der Waals surface area contributed by atoms with Crippen LogP contribution in [0, 0.1) is 12.7 Å². The van der Waals surface area contributed by atoms with Gasteiger partial charge < -0.3 is 21.1 Å². The number of amides is 5. The summed E-state index contributed by atoms with van der Waals surface area (Å²) in [5, 5.41) is 17.4. The van der Waals surface area contributed by atoms with Crippen molar-refractivity contribution in [2.75, 3.05) is 25.0 Å². The van der Waals surface area contributed by atoms with E-state index in [0.29, 0.717) is 18.5 Å². The van der Waals surface area contributed by atoms with Crippen LogP contribution in [0.15, 0.2) is 48.5 Å². The maximum atomic E-state index is 13.6. The first-order chi connectivity index (χ1) is 17.2. The number of urea groups is 2. The summed E-state index contributed by atoms with van der Waals surface area (Å²) < 4.78 is 13.6. The maximum Gasteiger partial charge on any atom is 0.323 e. The van der Waals surface area contributed by atoms with Crippen molar-refractivity contribution in [2.45, 2.75) is 38.9 Å². The molecule has 192 valence electrons. The zero-order chi connectivity index (χ0) is 26.2. The highest BCUT2D eigenvalue weighted by atomic mass is 19.1. The number of carbonyl (C=O) groups excluding carboxylic acids is 3. The number of rotatable bonds is 7. The Balaban J connectivity index is 1.91. The number of aryl methyl sites for hydroxylation is 1. The van der Waals surface area contributed by atoms with E-state index in [0.717, 1.165) is 11.6 Å². The number of benzene rings is 2. The number of nitrogens with zero attached hydrogens (tertiary/aromatic N) is 2. The number of hydrogen-bond donors (Lipinski definition) is 4. The van der Waals surface area contributed by atoms with E-state index in [4.69, 9.17) is 0 Å². The fraction of sp³-hybridized carbons (Fsp3) is 0.360. The molecular formula is C25H30FN5O5. The van der Waals surface area contributed by atoms with Gasteiger partial charge in [0.25, 0.3) is 5.91 Å². The second-order valence-electron chi connectivity index (χ2n) is 8.46. The lowest BCUT2D eigenvalue weighted by Gasteiger charge is -2.42. The Morgan fingerprint density at radius 2 is 1.75 bits per heavy atom. The molecule has 1 fully saturated rings. The van der Waals surface area contributed by atoms with Gasteiger partial charge in [0, 0.05) is 25.3 Å². The summed E-state index contributed by atoms with van der Waals surface area (Å²) in [4.78, 5) is 53.5. The van der Waals surface area contributed by atoms with Crippen LogP contribution in [0.1, 0.15) is 36.9 Å². The van der Waals surface area contributed by atoms with E-state index in [-0.39, 0.29) is 18.8 Å². The van der Waals surface area contributed by atoms with Gasteiger partial charge in [0.1, 0.15) is 5.82 Å². The van der Waals surface area contributed by atoms with E-state index in [1.165, 1.54) is 28.0 Å². The Labute approximate surface area is 208 Å². The lowest BCUT2D eigenvalue weighted by molar-refractivity contribution is -0.138. The third-order valence-electron chi connectivity index (χ3n) is 5.69. The highest BCUT2D eigenvalue weighted by molar-refractivity contribution is 5.95. The minimum atomic E-state index is -1.35. The zero-order valence-electron chi connectivity index (χ0n) is 20.2. The highest BCUT2D eigenvalue weighted by Gasteiger charge is 2.41. The molecule has 0 radical (unpaired) electrons. The second-order valence-corrected chi connectivity index (χ2v) is 8.46. The summed E-state index contributed by atoms with van der Waals surface area (Å²) in [5.41, 5.74) is 1.66. The zero-order valence-corrected chi connectivity index (χ0v) is 20.2. The van der Waals surface area contributed by atoms with Gasteiger partial charge in [0.2, 0.25) is 0 Å². The average Bonchev–Trinajstić information content (AvgIpc) is 2.83. The lowest BCUT2D eigenvalue weighted by atomic mass is 10.0. The number of hydrogen-bond acceptors (Lipinski definition) is 4. The number of nitrogens with one attached hydrogen (secondary N) is 3. The number of carboxylic acids is 1. The molecule has 36 heavy (non-hydrogen) atoms. The molecule has 1 heterocycles. The molecule has 1 aliphatic rings. The summed E-state index contributed by atoms with van der Waals surface area (Å²) in [6.07, 6.45) is -1.33. The first-order valence-electron chi connectivity index (χ1n) is 11.7. The molecule has 0 bridgehead atoms. The number of aliphatic carboxylic acids is 1. The Bertz CT molecular complexity index is 1130. The van der Waals surface area contributed by atoms with Gasteiger partial charge in [-0.15, -0.1) is 0 Å². The molecule has 3 rings (SSSR count). The van der Waals surface area contributed by atoms with Gasteiger partial charge >= 0.3 is 18.0 Å². The van der Waals surface area contributed by atoms with Crippen LogP contribution in [-0.2, 0) is 9.59 Å². The summed E-state index contributed by atoms with van der Waals surface area (Å²) in [6, 6.07) is 10.3. The Kier molecular flexibility index (Phi) is 8.82. The highest BCUT2D eigenvalue weighted by Crippen LogP contribution is 2.22. The van der Waals surface area contributed by atoms with Crippen LogP contribution in [0.4, 0.5) is 19.7 Å². The molecule has 1 saturated heterocycles. The predicted octanol–water partition coefficient (Wildman–Crippen LogP) is 3.06. The van der Waals surface area contributed by atoms with Crippen molar-refractivity contribution in [3.63, 3.8) is 0 Å². The number of anilines is 1. The third-order valence-corrected chi connectivity index (χ3v) is 5.69. The molecule has 2 aromatic carbocycles. The minimum absolute atomic E-state index is 0.156.